The number of nitrogens with zero attached hydrogens (tertiary/aromatic N) is 1. The molecular formula is C11H8ClN3. The molecule has 0 amide bonds. The Bertz CT molecular complexity index is 595. The minimum absolute atomic E-state index is 0.734. The molecule has 2 heterocycles. The predicted octanol–water partition coefficient (Wildman–Crippen LogP) is 3.21. The molecule has 2 N–H and O–H groups in total. The van der Waals surface area contributed by atoms with Crippen LogP contribution in [-0.2, 0) is 0 Å². The fourth-order valence-corrected chi connectivity index (χ4v) is 1.82. The van der Waals surface area contributed by atoms with Crippen molar-refractivity contribution in [2.24, 2.45) is 0 Å². The van der Waals surface area contributed by atoms with Crippen molar-refractivity contribution < 1.29 is 0 Å². The topological polar surface area (TPSA) is 44.5 Å². The second-order valence-corrected chi connectivity index (χ2v) is 3.81. The number of halogens is 1. The number of hydrogen-bond acceptors (Lipinski definition) is 1. The van der Waals surface area contributed by atoms with Crippen LogP contribution >= 0.6 is 11.6 Å². The smallest absolute Gasteiger partial charge is 0.108 e. The van der Waals surface area contributed by atoms with Gasteiger partial charge in [0.25, 0.3) is 0 Å². The molecule has 3 aromatic rings. The minimum atomic E-state index is 0.734. The third kappa shape index (κ3) is 1.41. The van der Waals surface area contributed by atoms with Crippen molar-refractivity contribution in [1.82, 2.24) is 15.2 Å². The molecule has 0 radical (unpaired) electrons. The molecular weight excluding hydrogens is 210 g/mol. The Morgan fingerprint density at radius 1 is 1.13 bits per heavy atom. The Morgan fingerprint density at radius 3 is 2.87 bits per heavy atom. The quantitative estimate of drug-likeness (QED) is 0.646. The molecule has 0 aliphatic heterocycles. The molecule has 2 aromatic heterocycles. The number of hydrogen-bond donors (Lipinski definition) is 2. The highest BCUT2D eigenvalue weighted by Crippen LogP contribution is 2.24. The lowest BCUT2D eigenvalue weighted by molar-refractivity contribution is 1.09. The lowest BCUT2D eigenvalue weighted by Crippen LogP contribution is -1.76. The fourth-order valence-electron chi connectivity index (χ4n) is 1.65. The van der Waals surface area contributed by atoms with Crippen LogP contribution in [0.2, 0.25) is 5.02 Å². The SMILES string of the molecule is Clc1ccc2cc(-c3cc[nH]n3)[nH]c2c1. The van der Waals surface area contributed by atoms with E-state index in [1.54, 1.807) is 6.20 Å². The summed E-state index contributed by atoms with van der Waals surface area (Å²) in [7, 11) is 0. The van der Waals surface area contributed by atoms with Crippen molar-refractivity contribution >= 4 is 22.5 Å². The molecule has 0 spiro atoms. The van der Waals surface area contributed by atoms with E-state index in [1.807, 2.05) is 24.3 Å². The van der Waals surface area contributed by atoms with E-state index in [4.69, 9.17) is 11.6 Å². The highest BCUT2D eigenvalue weighted by Gasteiger charge is 2.04. The molecule has 0 aliphatic carbocycles. The molecule has 0 unspecified atom stereocenters. The van der Waals surface area contributed by atoms with Gasteiger partial charge in [-0.3, -0.25) is 5.10 Å². The number of aromatic nitrogens is 3. The van der Waals surface area contributed by atoms with Gasteiger partial charge in [-0.25, -0.2) is 0 Å². The van der Waals surface area contributed by atoms with Crippen molar-refractivity contribution in [3.63, 3.8) is 0 Å². The second kappa shape index (κ2) is 3.14. The van der Waals surface area contributed by atoms with E-state index < -0.39 is 0 Å². The summed E-state index contributed by atoms with van der Waals surface area (Å²) in [5.41, 5.74) is 2.93. The van der Waals surface area contributed by atoms with Crippen LogP contribution in [0.5, 0.6) is 0 Å². The average molecular weight is 218 g/mol. The van der Waals surface area contributed by atoms with Crippen LogP contribution in [0.4, 0.5) is 0 Å². The molecule has 3 rings (SSSR count). The second-order valence-electron chi connectivity index (χ2n) is 3.37. The molecule has 0 fully saturated rings. The summed E-state index contributed by atoms with van der Waals surface area (Å²) in [4.78, 5) is 3.27. The number of aromatic amines is 2. The van der Waals surface area contributed by atoms with Crippen LogP contribution < -0.4 is 0 Å². The van der Waals surface area contributed by atoms with Gasteiger partial charge in [0.05, 0.1) is 5.69 Å². The number of nitrogens with one attached hydrogen (secondary N) is 2. The van der Waals surface area contributed by atoms with Gasteiger partial charge in [-0.1, -0.05) is 17.7 Å². The van der Waals surface area contributed by atoms with Gasteiger partial charge in [-0.05, 0) is 24.3 Å². The summed E-state index contributed by atoms with van der Waals surface area (Å²) in [6, 6.07) is 9.76. The molecule has 0 saturated carbocycles. The Kier molecular flexibility index (Phi) is 1.79. The summed E-state index contributed by atoms with van der Waals surface area (Å²) in [6.07, 6.45) is 1.80. The number of H-pyrrole nitrogens is 2. The lowest BCUT2D eigenvalue weighted by atomic mass is 10.2. The zero-order valence-corrected chi connectivity index (χ0v) is 8.55. The molecule has 4 heteroatoms. The molecule has 1 aromatic carbocycles. The standard InChI is InChI=1S/C11H8ClN3/c12-8-2-1-7-5-11(14-10(7)6-8)9-3-4-13-15-9/h1-6,14H,(H,13,15). The number of fused-ring (bicyclic) bond motifs is 1. The maximum Gasteiger partial charge on any atom is 0.108 e. The Hall–Kier alpha value is -1.74. The lowest BCUT2D eigenvalue weighted by Gasteiger charge is -1.89. The molecule has 0 bridgehead atoms. The third-order valence-electron chi connectivity index (χ3n) is 2.36. The van der Waals surface area contributed by atoms with E-state index in [-0.39, 0.29) is 0 Å². The van der Waals surface area contributed by atoms with Gasteiger partial charge in [-0.2, -0.15) is 5.10 Å². The van der Waals surface area contributed by atoms with Crippen molar-refractivity contribution in [3.05, 3.63) is 41.6 Å². The van der Waals surface area contributed by atoms with Gasteiger partial charge in [0.1, 0.15) is 5.69 Å². The first kappa shape index (κ1) is 8.56. The van der Waals surface area contributed by atoms with Crippen LogP contribution in [0.1, 0.15) is 0 Å². The molecule has 0 aliphatic rings. The van der Waals surface area contributed by atoms with E-state index >= 15 is 0 Å². The molecule has 0 atom stereocenters. The van der Waals surface area contributed by atoms with E-state index in [2.05, 4.69) is 21.2 Å². The van der Waals surface area contributed by atoms with Crippen LogP contribution in [0.3, 0.4) is 0 Å². The highest BCUT2D eigenvalue weighted by molar-refractivity contribution is 6.31. The van der Waals surface area contributed by atoms with Crippen molar-refractivity contribution in [3.8, 4) is 11.4 Å². The zero-order valence-electron chi connectivity index (χ0n) is 7.79. The fraction of sp³-hybridized carbons (Fsp3) is 0. The van der Waals surface area contributed by atoms with Gasteiger partial charge >= 0.3 is 0 Å². The number of rotatable bonds is 1. The van der Waals surface area contributed by atoms with Crippen molar-refractivity contribution in [2.75, 3.05) is 0 Å². The van der Waals surface area contributed by atoms with Crippen LogP contribution in [-0.4, -0.2) is 15.2 Å². The summed E-state index contributed by atoms with van der Waals surface area (Å²) >= 11 is 5.91. The van der Waals surface area contributed by atoms with Crippen molar-refractivity contribution in [1.29, 1.82) is 0 Å². The van der Waals surface area contributed by atoms with E-state index in [0.29, 0.717) is 0 Å². The summed E-state index contributed by atoms with van der Waals surface area (Å²) in [6.45, 7) is 0. The maximum absolute atomic E-state index is 5.91. The Labute approximate surface area is 91.1 Å². The Balaban J connectivity index is 2.22. The van der Waals surface area contributed by atoms with Crippen molar-refractivity contribution in [2.45, 2.75) is 0 Å². The van der Waals surface area contributed by atoms with Gasteiger partial charge in [0.15, 0.2) is 0 Å². The van der Waals surface area contributed by atoms with Gasteiger partial charge in [0.2, 0.25) is 0 Å². The Morgan fingerprint density at radius 2 is 2.07 bits per heavy atom. The summed E-state index contributed by atoms with van der Waals surface area (Å²) < 4.78 is 0. The first-order valence-electron chi connectivity index (χ1n) is 4.61. The number of benzene rings is 1. The molecule has 74 valence electrons. The van der Waals surface area contributed by atoms with Gasteiger partial charge < -0.3 is 4.98 Å². The van der Waals surface area contributed by atoms with Crippen LogP contribution in [0, 0.1) is 0 Å². The minimum Gasteiger partial charge on any atom is -0.353 e. The largest absolute Gasteiger partial charge is 0.353 e. The third-order valence-corrected chi connectivity index (χ3v) is 2.60. The molecule has 3 nitrogen and oxygen atoms in total. The normalized spacial score (nSPS) is 11.0. The summed E-state index contributed by atoms with van der Waals surface area (Å²) in [5.74, 6) is 0. The van der Waals surface area contributed by atoms with Gasteiger partial charge in [0, 0.05) is 22.1 Å². The maximum atomic E-state index is 5.91. The van der Waals surface area contributed by atoms with Gasteiger partial charge in [-0.15, -0.1) is 0 Å². The van der Waals surface area contributed by atoms with E-state index in [1.165, 1.54) is 0 Å². The highest BCUT2D eigenvalue weighted by atomic mass is 35.5. The van der Waals surface area contributed by atoms with E-state index in [9.17, 15) is 0 Å². The summed E-state index contributed by atoms with van der Waals surface area (Å²) in [5, 5.41) is 8.77. The average Bonchev–Trinajstić information content (AvgIpc) is 2.84. The van der Waals surface area contributed by atoms with Crippen LogP contribution in [0.15, 0.2) is 36.5 Å². The zero-order chi connectivity index (χ0) is 10.3. The first-order chi connectivity index (χ1) is 7.33. The van der Waals surface area contributed by atoms with Crippen LogP contribution in [0.25, 0.3) is 22.3 Å². The van der Waals surface area contributed by atoms with E-state index in [0.717, 1.165) is 27.3 Å². The first-order valence-corrected chi connectivity index (χ1v) is 4.99. The predicted molar refractivity (Wildman–Crippen MR) is 60.9 cm³/mol. The monoisotopic (exact) mass is 217 g/mol. The molecule has 15 heavy (non-hydrogen) atoms. The molecule has 0 saturated heterocycles.